The molecular formula is C21H36O5. The van der Waals surface area contributed by atoms with E-state index in [-0.39, 0.29) is 24.2 Å². The maximum absolute atomic E-state index is 11.1. The number of aliphatic hydroxyl groups is 2. The highest BCUT2D eigenvalue weighted by Gasteiger charge is 2.32. The maximum atomic E-state index is 11.1. The molecule has 1 rings (SSSR count). The molecule has 0 radical (unpaired) electrons. The van der Waals surface area contributed by atoms with Gasteiger partial charge in [0, 0.05) is 18.8 Å². The molecule has 0 amide bonds. The first-order valence-corrected chi connectivity index (χ1v) is 9.99. The van der Waals surface area contributed by atoms with Gasteiger partial charge in [0.15, 0.2) is 0 Å². The summed E-state index contributed by atoms with van der Waals surface area (Å²) >= 11 is 0. The second-order valence-corrected chi connectivity index (χ2v) is 8.16. The fourth-order valence-electron chi connectivity index (χ4n) is 3.77. The van der Waals surface area contributed by atoms with Crippen molar-refractivity contribution in [2.45, 2.75) is 96.2 Å². The molecule has 5 nitrogen and oxygen atoms in total. The highest BCUT2D eigenvalue weighted by Crippen LogP contribution is 2.37. The number of carboxylic acids is 1. The summed E-state index contributed by atoms with van der Waals surface area (Å²) in [6, 6.07) is 0. The quantitative estimate of drug-likeness (QED) is 0.339. The summed E-state index contributed by atoms with van der Waals surface area (Å²) in [5, 5.41) is 29.2. The standard InChI is InChI=1S/C21H36O5/c1-16(22)13-15-21(2,26)14-7-9-18-17(11-12-19(18)23)8-5-3-4-6-10-20(24)25/h7,9,17-19,23,26H,3-6,8,10-15H2,1-2H3,(H,24,25)/b9-7+/t17-,18+,19-,21?/m0/s1. The number of rotatable bonds is 13. The molecule has 150 valence electrons. The molecule has 0 aromatic carbocycles. The molecule has 1 fully saturated rings. The lowest BCUT2D eigenvalue weighted by atomic mass is 9.88. The van der Waals surface area contributed by atoms with E-state index in [2.05, 4.69) is 6.08 Å². The molecule has 0 aromatic heterocycles. The Balaban J connectivity index is 2.35. The Bertz CT molecular complexity index is 469. The molecule has 5 heteroatoms. The Morgan fingerprint density at radius 1 is 1.12 bits per heavy atom. The van der Waals surface area contributed by atoms with E-state index in [0.717, 1.165) is 44.9 Å². The first-order valence-electron chi connectivity index (χ1n) is 9.99. The fraction of sp³-hybridized carbons (Fsp3) is 0.810. The van der Waals surface area contributed by atoms with Crippen LogP contribution in [0.3, 0.4) is 0 Å². The lowest BCUT2D eigenvalue weighted by Crippen LogP contribution is -2.24. The molecule has 1 saturated carbocycles. The summed E-state index contributed by atoms with van der Waals surface area (Å²) < 4.78 is 0. The molecule has 4 atom stereocenters. The number of aliphatic hydroxyl groups excluding tert-OH is 1. The van der Waals surface area contributed by atoms with E-state index in [1.165, 1.54) is 6.92 Å². The lowest BCUT2D eigenvalue weighted by molar-refractivity contribution is -0.137. The zero-order chi connectivity index (χ0) is 19.6. The average Bonchev–Trinajstić information content (AvgIpc) is 2.89. The van der Waals surface area contributed by atoms with Crippen LogP contribution in [-0.4, -0.2) is 38.8 Å². The summed E-state index contributed by atoms with van der Waals surface area (Å²) in [5.41, 5.74) is -0.884. The van der Waals surface area contributed by atoms with Crippen LogP contribution in [0, 0.1) is 11.8 Å². The van der Waals surface area contributed by atoms with Crippen molar-refractivity contribution < 1.29 is 24.9 Å². The van der Waals surface area contributed by atoms with Crippen molar-refractivity contribution in [3.63, 3.8) is 0 Å². The zero-order valence-corrected chi connectivity index (χ0v) is 16.3. The molecule has 0 heterocycles. The largest absolute Gasteiger partial charge is 0.481 e. The minimum Gasteiger partial charge on any atom is -0.481 e. The van der Waals surface area contributed by atoms with Gasteiger partial charge in [-0.15, -0.1) is 0 Å². The highest BCUT2D eigenvalue weighted by molar-refractivity contribution is 5.75. The van der Waals surface area contributed by atoms with Crippen molar-refractivity contribution in [1.29, 1.82) is 0 Å². The van der Waals surface area contributed by atoms with Crippen molar-refractivity contribution >= 4 is 11.8 Å². The average molecular weight is 369 g/mol. The van der Waals surface area contributed by atoms with Gasteiger partial charge in [-0.2, -0.15) is 0 Å². The predicted octanol–water partition coefficient (Wildman–Crippen LogP) is 3.87. The van der Waals surface area contributed by atoms with Crippen LogP contribution in [0.1, 0.15) is 84.5 Å². The number of unbranched alkanes of at least 4 members (excludes halogenated alkanes) is 3. The number of hydrogen-bond acceptors (Lipinski definition) is 4. The van der Waals surface area contributed by atoms with E-state index in [1.807, 2.05) is 6.08 Å². The third kappa shape index (κ3) is 9.48. The van der Waals surface area contributed by atoms with E-state index in [0.29, 0.717) is 25.2 Å². The number of Topliss-reactive ketones (excluding diaryl/α,β-unsaturated/α-hetero) is 1. The third-order valence-electron chi connectivity index (χ3n) is 5.47. The summed E-state index contributed by atoms with van der Waals surface area (Å²) in [6.07, 6.45) is 12.0. The normalized spacial score (nSPS) is 25.5. The Labute approximate surface area is 157 Å². The van der Waals surface area contributed by atoms with Crippen molar-refractivity contribution in [3.05, 3.63) is 12.2 Å². The molecule has 0 aromatic rings. The minimum absolute atomic E-state index is 0.0869. The van der Waals surface area contributed by atoms with Crippen molar-refractivity contribution in [3.8, 4) is 0 Å². The number of hydrogen-bond donors (Lipinski definition) is 3. The van der Waals surface area contributed by atoms with Crippen LogP contribution in [0.25, 0.3) is 0 Å². The van der Waals surface area contributed by atoms with Crippen LogP contribution >= 0.6 is 0 Å². The Morgan fingerprint density at radius 3 is 2.46 bits per heavy atom. The topological polar surface area (TPSA) is 94.8 Å². The molecular weight excluding hydrogens is 332 g/mol. The fourth-order valence-corrected chi connectivity index (χ4v) is 3.77. The molecule has 0 spiro atoms. The summed E-state index contributed by atoms with van der Waals surface area (Å²) in [7, 11) is 0. The number of carbonyl (C=O) groups is 2. The van der Waals surface area contributed by atoms with Gasteiger partial charge in [0.25, 0.3) is 0 Å². The van der Waals surface area contributed by atoms with E-state index in [1.54, 1.807) is 6.92 Å². The van der Waals surface area contributed by atoms with E-state index < -0.39 is 11.6 Å². The van der Waals surface area contributed by atoms with Gasteiger partial charge in [-0.1, -0.05) is 31.4 Å². The van der Waals surface area contributed by atoms with Gasteiger partial charge in [0.2, 0.25) is 0 Å². The van der Waals surface area contributed by atoms with E-state index >= 15 is 0 Å². The van der Waals surface area contributed by atoms with Crippen LogP contribution in [-0.2, 0) is 9.59 Å². The minimum atomic E-state index is -0.884. The van der Waals surface area contributed by atoms with E-state index in [4.69, 9.17) is 5.11 Å². The molecule has 0 bridgehead atoms. The first kappa shape index (κ1) is 22.8. The van der Waals surface area contributed by atoms with Gasteiger partial charge in [-0.25, -0.2) is 0 Å². The van der Waals surface area contributed by atoms with Crippen molar-refractivity contribution in [2.75, 3.05) is 0 Å². The number of carbonyl (C=O) groups excluding carboxylic acids is 1. The van der Waals surface area contributed by atoms with Crippen LogP contribution in [0.4, 0.5) is 0 Å². The number of carboxylic acid groups (broad SMARTS) is 1. The molecule has 1 unspecified atom stereocenters. The monoisotopic (exact) mass is 368 g/mol. The first-order chi connectivity index (χ1) is 12.2. The van der Waals surface area contributed by atoms with Crippen molar-refractivity contribution in [1.82, 2.24) is 0 Å². The summed E-state index contributed by atoms with van der Waals surface area (Å²) in [6.45, 7) is 3.28. The predicted molar refractivity (Wildman–Crippen MR) is 102 cm³/mol. The van der Waals surface area contributed by atoms with Gasteiger partial charge < -0.3 is 20.1 Å². The van der Waals surface area contributed by atoms with Crippen LogP contribution in [0.2, 0.25) is 0 Å². The van der Waals surface area contributed by atoms with Gasteiger partial charge in [-0.3, -0.25) is 4.79 Å². The molecule has 3 N–H and O–H groups in total. The Kier molecular flexibility index (Phi) is 10.1. The van der Waals surface area contributed by atoms with E-state index in [9.17, 15) is 19.8 Å². The van der Waals surface area contributed by atoms with Crippen LogP contribution < -0.4 is 0 Å². The van der Waals surface area contributed by atoms with Crippen LogP contribution in [0.5, 0.6) is 0 Å². The smallest absolute Gasteiger partial charge is 0.303 e. The second kappa shape index (κ2) is 11.5. The van der Waals surface area contributed by atoms with Crippen LogP contribution in [0.15, 0.2) is 12.2 Å². The van der Waals surface area contributed by atoms with Gasteiger partial charge in [0.05, 0.1) is 11.7 Å². The number of aliphatic carboxylic acids is 1. The molecule has 0 aliphatic heterocycles. The molecule has 0 saturated heterocycles. The Hall–Kier alpha value is -1.20. The third-order valence-corrected chi connectivity index (χ3v) is 5.47. The Morgan fingerprint density at radius 2 is 1.81 bits per heavy atom. The summed E-state index contributed by atoms with van der Waals surface area (Å²) in [5.74, 6) is -0.0438. The SMILES string of the molecule is CC(=O)CCC(C)(O)C/C=C/[C@@H]1[C@@H](CCCCCCC(=O)O)CC[C@@H]1O. The molecule has 1 aliphatic carbocycles. The molecule has 26 heavy (non-hydrogen) atoms. The second-order valence-electron chi connectivity index (χ2n) is 8.16. The van der Waals surface area contributed by atoms with Gasteiger partial charge in [0.1, 0.15) is 5.78 Å². The highest BCUT2D eigenvalue weighted by atomic mass is 16.4. The van der Waals surface area contributed by atoms with Gasteiger partial charge in [-0.05, 0) is 58.3 Å². The molecule has 1 aliphatic rings. The van der Waals surface area contributed by atoms with Gasteiger partial charge >= 0.3 is 5.97 Å². The number of ketones is 1. The lowest BCUT2D eigenvalue weighted by Gasteiger charge is -2.22. The van der Waals surface area contributed by atoms with Crippen molar-refractivity contribution in [2.24, 2.45) is 11.8 Å². The maximum Gasteiger partial charge on any atom is 0.303 e. The zero-order valence-electron chi connectivity index (χ0n) is 16.3. The summed E-state index contributed by atoms with van der Waals surface area (Å²) in [4.78, 5) is 21.6.